The maximum atomic E-state index is 11.8. The minimum atomic E-state index is -0.00551. The van der Waals surface area contributed by atoms with E-state index in [0.717, 1.165) is 24.3 Å². The third kappa shape index (κ3) is 4.71. The molecule has 2 nitrogen and oxygen atoms in total. The zero-order chi connectivity index (χ0) is 13.7. The Kier molecular flexibility index (Phi) is 5.03. The highest BCUT2D eigenvalue weighted by molar-refractivity contribution is 6.30. The summed E-state index contributed by atoms with van der Waals surface area (Å²) < 4.78 is 0. The Balaban J connectivity index is 1.85. The maximum Gasteiger partial charge on any atom is 0.244 e. The standard InChI is InChI=1S/C16H20ClNO/c1-12-3-2-4-15(11-12)18-16(19)10-7-13-5-8-14(17)9-6-13/h5-10,12,15H,2-4,11H2,1H3,(H,18,19)/b10-7+. The molecule has 1 aliphatic carbocycles. The summed E-state index contributed by atoms with van der Waals surface area (Å²) in [5, 5.41) is 3.79. The molecule has 1 aliphatic rings. The van der Waals surface area contributed by atoms with Gasteiger partial charge in [-0.05, 0) is 42.5 Å². The number of carbonyl (C=O) groups excluding carboxylic acids is 1. The van der Waals surface area contributed by atoms with E-state index in [9.17, 15) is 4.79 Å². The maximum absolute atomic E-state index is 11.8. The van der Waals surface area contributed by atoms with E-state index >= 15 is 0 Å². The molecule has 2 rings (SSSR count). The molecule has 19 heavy (non-hydrogen) atoms. The Morgan fingerprint density at radius 2 is 2.05 bits per heavy atom. The molecule has 1 fully saturated rings. The van der Waals surface area contributed by atoms with Crippen LogP contribution >= 0.6 is 11.6 Å². The fraction of sp³-hybridized carbons (Fsp3) is 0.438. The lowest BCUT2D eigenvalue weighted by atomic mass is 9.87. The Labute approximate surface area is 119 Å². The summed E-state index contributed by atoms with van der Waals surface area (Å²) in [5.41, 5.74) is 0.983. The highest BCUT2D eigenvalue weighted by atomic mass is 35.5. The van der Waals surface area contributed by atoms with E-state index in [4.69, 9.17) is 11.6 Å². The molecule has 0 spiro atoms. The second-order valence-electron chi connectivity index (χ2n) is 5.36. The van der Waals surface area contributed by atoms with Crippen LogP contribution < -0.4 is 5.32 Å². The van der Waals surface area contributed by atoms with Gasteiger partial charge in [-0.1, -0.05) is 43.5 Å². The zero-order valence-corrected chi connectivity index (χ0v) is 12.0. The van der Waals surface area contributed by atoms with Crippen LogP contribution in [0.4, 0.5) is 0 Å². The van der Waals surface area contributed by atoms with E-state index in [1.165, 1.54) is 12.8 Å². The molecule has 0 heterocycles. The second kappa shape index (κ2) is 6.76. The molecule has 0 aromatic heterocycles. The number of hydrogen-bond acceptors (Lipinski definition) is 1. The first kappa shape index (κ1) is 14.1. The molecule has 0 aliphatic heterocycles. The van der Waals surface area contributed by atoms with Gasteiger partial charge in [0.1, 0.15) is 0 Å². The first-order valence-electron chi connectivity index (χ1n) is 6.87. The quantitative estimate of drug-likeness (QED) is 0.830. The molecule has 0 radical (unpaired) electrons. The largest absolute Gasteiger partial charge is 0.350 e. The van der Waals surface area contributed by atoms with Crippen LogP contribution in [0.2, 0.25) is 5.02 Å². The van der Waals surface area contributed by atoms with Crippen molar-refractivity contribution in [2.24, 2.45) is 5.92 Å². The third-order valence-electron chi connectivity index (χ3n) is 3.58. The van der Waals surface area contributed by atoms with Gasteiger partial charge >= 0.3 is 0 Å². The van der Waals surface area contributed by atoms with E-state index in [0.29, 0.717) is 11.1 Å². The van der Waals surface area contributed by atoms with Gasteiger partial charge in [-0.15, -0.1) is 0 Å². The van der Waals surface area contributed by atoms with Crippen LogP contribution in [-0.4, -0.2) is 11.9 Å². The van der Waals surface area contributed by atoms with E-state index < -0.39 is 0 Å². The second-order valence-corrected chi connectivity index (χ2v) is 5.80. The Bertz CT molecular complexity index is 452. The molecule has 1 aromatic carbocycles. The van der Waals surface area contributed by atoms with Gasteiger partial charge in [-0.25, -0.2) is 0 Å². The topological polar surface area (TPSA) is 29.1 Å². The molecular formula is C16H20ClNO. The molecule has 1 N–H and O–H groups in total. The number of halogens is 1. The Morgan fingerprint density at radius 1 is 1.32 bits per heavy atom. The normalized spacial score (nSPS) is 23.5. The lowest BCUT2D eigenvalue weighted by molar-refractivity contribution is -0.117. The van der Waals surface area contributed by atoms with Gasteiger partial charge < -0.3 is 5.32 Å². The highest BCUT2D eigenvalue weighted by Gasteiger charge is 2.19. The summed E-state index contributed by atoms with van der Waals surface area (Å²) in [6.45, 7) is 2.25. The smallest absolute Gasteiger partial charge is 0.244 e. The monoisotopic (exact) mass is 277 g/mol. The minimum absolute atomic E-state index is 0.00551. The van der Waals surface area contributed by atoms with Crippen LogP contribution in [-0.2, 0) is 4.79 Å². The molecule has 2 atom stereocenters. The summed E-state index contributed by atoms with van der Waals surface area (Å²) in [4.78, 5) is 11.8. The third-order valence-corrected chi connectivity index (χ3v) is 3.83. The number of rotatable bonds is 3. The zero-order valence-electron chi connectivity index (χ0n) is 11.2. The van der Waals surface area contributed by atoms with Gasteiger partial charge in [0.2, 0.25) is 5.91 Å². The average molecular weight is 278 g/mol. The van der Waals surface area contributed by atoms with Gasteiger partial charge in [0.15, 0.2) is 0 Å². The highest BCUT2D eigenvalue weighted by Crippen LogP contribution is 2.23. The summed E-state index contributed by atoms with van der Waals surface area (Å²) in [7, 11) is 0. The van der Waals surface area contributed by atoms with Gasteiger partial charge in [-0.3, -0.25) is 4.79 Å². The molecule has 1 saturated carbocycles. The average Bonchev–Trinajstić information content (AvgIpc) is 2.38. The van der Waals surface area contributed by atoms with Crippen molar-refractivity contribution in [3.63, 3.8) is 0 Å². The molecule has 3 heteroatoms. The van der Waals surface area contributed by atoms with E-state index in [-0.39, 0.29) is 5.91 Å². The Morgan fingerprint density at radius 3 is 2.74 bits per heavy atom. The van der Waals surface area contributed by atoms with Crippen LogP contribution in [0.3, 0.4) is 0 Å². The summed E-state index contributed by atoms with van der Waals surface area (Å²) >= 11 is 5.81. The van der Waals surface area contributed by atoms with Crippen molar-refractivity contribution in [3.05, 3.63) is 40.9 Å². The van der Waals surface area contributed by atoms with Crippen LogP contribution in [0.15, 0.2) is 30.3 Å². The van der Waals surface area contributed by atoms with Gasteiger partial charge in [0, 0.05) is 17.1 Å². The van der Waals surface area contributed by atoms with Crippen LogP contribution in [0.25, 0.3) is 6.08 Å². The summed E-state index contributed by atoms with van der Waals surface area (Å²) in [5.74, 6) is 0.716. The number of carbonyl (C=O) groups is 1. The first-order chi connectivity index (χ1) is 9.13. The Hall–Kier alpha value is -1.28. The van der Waals surface area contributed by atoms with Crippen molar-refractivity contribution in [2.75, 3.05) is 0 Å². The molecule has 1 aromatic rings. The molecule has 0 saturated heterocycles. The fourth-order valence-electron chi connectivity index (χ4n) is 2.56. The molecule has 102 valence electrons. The fourth-order valence-corrected chi connectivity index (χ4v) is 2.69. The summed E-state index contributed by atoms with van der Waals surface area (Å²) in [6, 6.07) is 7.78. The summed E-state index contributed by atoms with van der Waals surface area (Å²) in [6.07, 6.45) is 8.12. The first-order valence-corrected chi connectivity index (χ1v) is 7.25. The van der Waals surface area contributed by atoms with Crippen molar-refractivity contribution in [2.45, 2.75) is 38.6 Å². The number of amides is 1. The molecule has 0 bridgehead atoms. The predicted octanol–water partition coefficient (Wildman–Crippen LogP) is 4.05. The SMILES string of the molecule is CC1CCCC(NC(=O)/C=C/c2ccc(Cl)cc2)C1. The van der Waals surface area contributed by atoms with Crippen molar-refractivity contribution in [1.82, 2.24) is 5.32 Å². The lowest BCUT2D eigenvalue weighted by Crippen LogP contribution is -2.36. The molecule has 2 unspecified atom stereocenters. The van der Waals surface area contributed by atoms with Crippen molar-refractivity contribution in [1.29, 1.82) is 0 Å². The number of nitrogens with one attached hydrogen (secondary N) is 1. The van der Waals surface area contributed by atoms with Crippen molar-refractivity contribution >= 4 is 23.6 Å². The minimum Gasteiger partial charge on any atom is -0.350 e. The van der Waals surface area contributed by atoms with E-state index in [1.54, 1.807) is 6.08 Å². The molecular weight excluding hydrogens is 258 g/mol. The van der Waals surface area contributed by atoms with Crippen molar-refractivity contribution < 1.29 is 4.79 Å². The van der Waals surface area contributed by atoms with Crippen LogP contribution in [0.1, 0.15) is 38.2 Å². The number of hydrogen-bond donors (Lipinski definition) is 1. The van der Waals surface area contributed by atoms with Crippen LogP contribution in [0.5, 0.6) is 0 Å². The van der Waals surface area contributed by atoms with Gasteiger partial charge in [0.25, 0.3) is 0 Å². The lowest BCUT2D eigenvalue weighted by Gasteiger charge is -2.26. The van der Waals surface area contributed by atoms with Crippen molar-refractivity contribution in [3.8, 4) is 0 Å². The van der Waals surface area contributed by atoms with E-state index in [1.807, 2.05) is 30.3 Å². The van der Waals surface area contributed by atoms with E-state index in [2.05, 4.69) is 12.2 Å². The van der Waals surface area contributed by atoms with Gasteiger partial charge in [-0.2, -0.15) is 0 Å². The van der Waals surface area contributed by atoms with Gasteiger partial charge in [0.05, 0.1) is 0 Å². The molecule has 1 amide bonds. The van der Waals surface area contributed by atoms with Crippen LogP contribution in [0, 0.1) is 5.92 Å². The predicted molar refractivity (Wildman–Crippen MR) is 80.0 cm³/mol. The number of benzene rings is 1.